The third kappa shape index (κ3) is 20.3. The SMILES string of the molecule is C.C1=COCC1.Cc1ccc(NC(=O)NC2CCN(C(=O)C3=COCC3)CC2)cc1.Cc1ccc(NC(=O)NC2CCNCC2)cc1.ClCCl.O=C=O.[2HH]. The number of likely N-dealkylation sites (tertiary alicyclic amines) is 1. The second kappa shape index (κ2) is 28.0. The zero-order valence-electron chi connectivity index (χ0n) is 29.8. The second-order valence-corrected chi connectivity index (χ2v) is 12.8. The molecule has 294 valence electrons. The van der Waals surface area contributed by atoms with E-state index in [-0.39, 0.29) is 44.4 Å². The zero-order valence-corrected chi connectivity index (χ0v) is 31.3. The lowest BCUT2D eigenvalue weighted by Gasteiger charge is -2.32. The summed E-state index contributed by atoms with van der Waals surface area (Å²) >= 11 is 9.53. The highest BCUT2D eigenvalue weighted by Gasteiger charge is 2.27. The fourth-order valence-corrected chi connectivity index (χ4v) is 5.26. The van der Waals surface area contributed by atoms with E-state index >= 15 is 0 Å². The summed E-state index contributed by atoms with van der Waals surface area (Å²) in [4.78, 5) is 54.2. The van der Waals surface area contributed by atoms with Crippen LogP contribution in [0, 0.1) is 13.8 Å². The van der Waals surface area contributed by atoms with Crippen LogP contribution >= 0.6 is 23.2 Å². The number of rotatable bonds is 5. The summed E-state index contributed by atoms with van der Waals surface area (Å²) in [6, 6.07) is 15.6. The van der Waals surface area contributed by atoms with Gasteiger partial charge in [0.1, 0.15) is 0 Å². The second-order valence-electron chi connectivity index (χ2n) is 12.0. The van der Waals surface area contributed by atoms with Crippen molar-refractivity contribution in [2.45, 2.75) is 71.9 Å². The maximum atomic E-state index is 12.3. The van der Waals surface area contributed by atoms with Gasteiger partial charge in [-0.15, -0.1) is 23.2 Å². The molecule has 0 atom stereocenters. The minimum absolute atomic E-state index is 0. The van der Waals surface area contributed by atoms with Gasteiger partial charge in [-0.3, -0.25) is 4.79 Å². The first-order chi connectivity index (χ1) is 25.2. The van der Waals surface area contributed by atoms with E-state index in [9.17, 15) is 14.4 Å². The van der Waals surface area contributed by atoms with Crippen LogP contribution in [0.1, 0.15) is 58.5 Å². The molecule has 4 aliphatic rings. The number of carbonyl (C=O) groups excluding carboxylic acids is 5. The van der Waals surface area contributed by atoms with Gasteiger partial charge < -0.3 is 41.0 Å². The number of ether oxygens (including phenoxy) is 2. The monoisotopic (exact) mass is 779 g/mol. The Bertz CT molecular complexity index is 1440. The van der Waals surface area contributed by atoms with Crippen LogP contribution in [0.4, 0.5) is 21.0 Å². The van der Waals surface area contributed by atoms with E-state index in [0.717, 1.165) is 74.3 Å². The van der Waals surface area contributed by atoms with E-state index in [1.807, 2.05) is 73.4 Å². The number of alkyl halides is 2. The first kappa shape index (κ1) is 46.5. The summed E-state index contributed by atoms with van der Waals surface area (Å²) in [5.74, 6) is 0.0649. The molecule has 0 saturated carbocycles. The first-order valence-electron chi connectivity index (χ1n) is 17.2. The Hall–Kier alpha value is -4.55. The Morgan fingerprint density at radius 1 is 0.811 bits per heavy atom. The maximum Gasteiger partial charge on any atom is 0.373 e. The highest BCUT2D eigenvalue weighted by Crippen LogP contribution is 2.18. The first-order valence-corrected chi connectivity index (χ1v) is 18.2. The molecule has 0 aliphatic carbocycles. The van der Waals surface area contributed by atoms with Crippen molar-refractivity contribution in [3.05, 3.63) is 83.8 Å². The molecule has 13 nitrogen and oxygen atoms in total. The zero-order chi connectivity index (χ0) is 38.0. The van der Waals surface area contributed by atoms with Gasteiger partial charge in [0, 0.05) is 50.8 Å². The molecule has 2 aromatic rings. The molecule has 15 heteroatoms. The van der Waals surface area contributed by atoms with E-state index in [1.165, 1.54) is 5.56 Å². The molecule has 0 unspecified atom stereocenters. The number of halogens is 2. The van der Waals surface area contributed by atoms with Gasteiger partial charge in [-0.05, 0) is 83.0 Å². The molecule has 0 spiro atoms. The van der Waals surface area contributed by atoms with E-state index < -0.39 is 0 Å². The molecule has 0 aromatic heterocycles. The minimum Gasteiger partial charge on any atom is -0.501 e. The van der Waals surface area contributed by atoms with Crippen molar-refractivity contribution in [2.24, 2.45) is 0 Å². The molecule has 2 saturated heterocycles. The van der Waals surface area contributed by atoms with Gasteiger partial charge >= 0.3 is 18.2 Å². The van der Waals surface area contributed by atoms with Gasteiger partial charge in [0.05, 0.1) is 36.7 Å². The summed E-state index contributed by atoms with van der Waals surface area (Å²) in [6.45, 7) is 8.80. The number of hydrogen-bond acceptors (Lipinski definition) is 8. The van der Waals surface area contributed by atoms with Crippen LogP contribution in [-0.2, 0) is 23.9 Å². The Labute approximate surface area is 324 Å². The van der Waals surface area contributed by atoms with Crippen LogP contribution in [0.3, 0.4) is 0 Å². The van der Waals surface area contributed by atoms with E-state index in [4.69, 9.17) is 42.3 Å². The van der Waals surface area contributed by atoms with Crippen LogP contribution in [-0.4, -0.2) is 85.8 Å². The number of urea groups is 2. The number of anilines is 2. The molecule has 5 N–H and O–H groups in total. The van der Waals surface area contributed by atoms with Crippen molar-refractivity contribution in [1.29, 1.82) is 0 Å². The fraction of sp³-hybridized carbons (Fsp3) is 0.474. The summed E-state index contributed by atoms with van der Waals surface area (Å²) in [5.41, 5.74) is 4.70. The topological polar surface area (TPSA) is 167 Å². The average Bonchev–Trinajstić information content (AvgIpc) is 3.91. The predicted molar refractivity (Wildman–Crippen MR) is 211 cm³/mol. The van der Waals surface area contributed by atoms with E-state index in [2.05, 4.69) is 26.6 Å². The Balaban J connectivity index is 0.000000813. The molecule has 2 fully saturated rings. The molecule has 0 radical (unpaired) electrons. The van der Waals surface area contributed by atoms with E-state index in [1.54, 1.807) is 12.5 Å². The standard InChI is InChI=1S/C18H23N3O3.C13H19N3O.C4H6O.CH2Cl2.CO2.CH4.H2/c1-13-2-4-15(5-3-13)19-18(23)20-16-6-9-21(10-7-16)17(22)14-8-11-24-12-14;1-10-2-4-11(5-3-10)15-13(17)16-12-6-8-14-9-7-12;1-2-4-5-3-1;2*2-1-3;;/h2-5,12,16H,6-11H2,1H3,(H2,19,20,23);2-5,12,14H,6-9H2,1H3,(H2,15,16,17);1,3H,2,4H2;1H2;;1H4;1H/i;;;;;;1+1. The lowest BCUT2D eigenvalue weighted by Crippen LogP contribution is -2.47. The normalized spacial score (nSPS) is 15.7. The van der Waals surface area contributed by atoms with Gasteiger partial charge in [-0.25, -0.2) is 9.59 Å². The molecule has 2 aromatic carbocycles. The average molecular weight is 781 g/mol. The molecular weight excluding hydrogens is 723 g/mol. The third-order valence-corrected chi connectivity index (χ3v) is 7.99. The van der Waals surface area contributed by atoms with Gasteiger partial charge in [0.15, 0.2) is 0 Å². The van der Waals surface area contributed by atoms with Crippen LogP contribution in [0.25, 0.3) is 0 Å². The van der Waals surface area contributed by atoms with Crippen molar-refractivity contribution >= 4 is 58.7 Å². The lowest BCUT2D eigenvalue weighted by atomic mass is 10.0. The number of benzene rings is 2. The molecule has 6 rings (SSSR count). The molecule has 0 bridgehead atoms. The van der Waals surface area contributed by atoms with E-state index in [0.29, 0.717) is 32.2 Å². The van der Waals surface area contributed by atoms with Crippen LogP contribution in [0.5, 0.6) is 0 Å². The smallest absolute Gasteiger partial charge is 0.373 e. The van der Waals surface area contributed by atoms with Crippen molar-refractivity contribution in [2.75, 3.05) is 55.4 Å². The van der Waals surface area contributed by atoms with Gasteiger partial charge in [-0.1, -0.05) is 42.8 Å². The maximum absolute atomic E-state index is 12.3. The number of piperidine rings is 2. The van der Waals surface area contributed by atoms with Crippen LogP contribution in [0.2, 0.25) is 0 Å². The third-order valence-electron chi connectivity index (χ3n) is 7.99. The Morgan fingerprint density at radius 2 is 1.28 bits per heavy atom. The molecular formula is C38H56Cl2N6O7. The number of aryl methyl sites for hydroxylation is 2. The van der Waals surface area contributed by atoms with Gasteiger partial charge in [0.25, 0.3) is 5.91 Å². The van der Waals surface area contributed by atoms with Crippen LogP contribution in [0.15, 0.2) is 72.7 Å². The number of hydrogen-bond donors (Lipinski definition) is 5. The molecule has 5 amide bonds. The highest BCUT2D eigenvalue weighted by atomic mass is 35.5. The van der Waals surface area contributed by atoms with Crippen molar-refractivity contribution in [3.63, 3.8) is 0 Å². The predicted octanol–water partition coefficient (Wildman–Crippen LogP) is 6.92. The molecule has 4 aliphatic heterocycles. The van der Waals surface area contributed by atoms with Crippen LogP contribution < -0.4 is 26.6 Å². The summed E-state index contributed by atoms with van der Waals surface area (Å²) in [7, 11) is 0. The van der Waals surface area contributed by atoms with Crippen molar-refractivity contribution in [1.82, 2.24) is 20.9 Å². The summed E-state index contributed by atoms with van der Waals surface area (Å²) in [5, 5.41) is 15.1. The Morgan fingerprint density at radius 3 is 1.66 bits per heavy atom. The summed E-state index contributed by atoms with van der Waals surface area (Å²) in [6.07, 6.45) is 10.9. The summed E-state index contributed by atoms with van der Waals surface area (Å²) < 4.78 is 9.90. The quantitative estimate of drug-likeness (QED) is 0.204. The fourth-order valence-electron chi connectivity index (χ4n) is 5.26. The number of carbonyl (C=O) groups is 3. The molecule has 4 heterocycles. The van der Waals surface area contributed by atoms with Crippen molar-refractivity contribution < 1.29 is 34.9 Å². The lowest BCUT2D eigenvalue weighted by molar-refractivity contribution is -0.191. The highest BCUT2D eigenvalue weighted by molar-refractivity contribution is 6.40. The number of amides is 5. The van der Waals surface area contributed by atoms with Gasteiger partial charge in [0.2, 0.25) is 0 Å². The minimum atomic E-state index is -0.199. The van der Waals surface area contributed by atoms with Gasteiger partial charge in [-0.2, -0.15) is 9.59 Å². The number of nitrogens with one attached hydrogen (secondary N) is 5. The Kier molecular flexibility index (Phi) is 24.6. The largest absolute Gasteiger partial charge is 0.501 e. The molecule has 53 heavy (non-hydrogen) atoms. The number of nitrogens with zero attached hydrogens (tertiary/aromatic N) is 1. The van der Waals surface area contributed by atoms with Crippen molar-refractivity contribution in [3.8, 4) is 0 Å².